The molecule has 0 aliphatic rings. The molecular weight excluding hydrogens is 122 g/mol. The van der Waals surface area contributed by atoms with Crippen LogP contribution >= 0.6 is 0 Å². The molecule has 0 saturated carbocycles. The van der Waals surface area contributed by atoms with Crippen molar-refractivity contribution < 1.29 is 0 Å². The predicted molar refractivity (Wildman–Crippen MR) is 41.9 cm³/mol. The Bertz CT molecular complexity index is 216. The molecule has 0 aromatic carbocycles. The average molecular weight is 134 g/mol. The first-order valence-electron chi connectivity index (χ1n) is 3.55. The molecule has 0 fully saturated rings. The second-order valence-corrected chi connectivity index (χ2v) is 2.77. The Kier molecular flexibility index (Phi) is 2.05. The van der Waals surface area contributed by atoms with E-state index >= 15 is 0 Å². The second kappa shape index (κ2) is 2.82. The molecule has 1 radical (unpaired) electrons. The predicted octanol–water partition coefficient (Wildman–Crippen LogP) is 2.31. The maximum atomic E-state index is 4.07. The minimum absolute atomic E-state index is 0.557. The van der Waals surface area contributed by atoms with Gasteiger partial charge < -0.3 is 0 Å². The highest BCUT2D eigenvalue weighted by molar-refractivity contribution is 5.16. The van der Waals surface area contributed by atoms with Crippen molar-refractivity contribution in [2.24, 2.45) is 0 Å². The van der Waals surface area contributed by atoms with Crippen molar-refractivity contribution in [1.29, 1.82) is 0 Å². The van der Waals surface area contributed by atoms with Gasteiger partial charge in [-0.3, -0.25) is 4.98 Å². The molecular formula is C9H12N. The quantitative estimate of drug-likeness (QED) is 0.574. The van der Waals surface area contributed by atoms with Crippen molar-refractivity contribution >= 4 is 0 Å². The van der Waals surface area contributed by atoms with E-state index in [4.69, 9.17) is 0 Å². The van der Waals surface area contributed by atoms with E-state index in [0.717, 1.165) is 5.69 Å². The highest BCUT2D eigenvalue weighted by Crippen LogP contribution is 2.12. The fourth-order valence-corrected chi connectivity index (χ4v) is 0.849. The van der Waals surface area contributed by atoms with Crippen LogP contribution in [0.15, 0.2) is 12.3 Å². The first-order valence-corrected chi connectivity index (χ1v) is 3.55. The zero-order valence-electron chi connectivity index (χ0n) is 6.68. The van der Waals surface area contributed by atoms with Crippen molar-refractivity contribution in [3.8, 4) is 0 Å². The van der Waals surface area contributed by atoms with Crippen LogP contribution in [0, 0.1) is 13.0 Å². The van der Waals surface area contributed by atoms with E-state index in [-0.39, 0.29) is 0 Å². The van der Waals surface area contributed by atoms with Crippen LogP contribution in [-0.2, 0) is 0 Å². The van der Waals surface area contributed by atoms with Gasteiger partial charge in [0.05, 0.1) is 0 Å². The van der Waals surface area contributed by atoms with Crippen molar-refractivity contribution in [2.75, 3.05) is 0 Å². The minimum Gasteiger partial charge on any atom is -0.261 e. The Labute approximate surface area is 62.1 Å². The largest absolute Gasteiger partial charge is 0.261 e. The summed E-state index contributed by atoms with van der Waals surface area (Å²) in [6.07, 6.45) is 1.83. The highest BCUT2D eigenvalue weighted by atomic mass is 14.6. The lowest BCUT2D eigenvalue weighted by molar-refractivity contribution is 0.857. The Morgan fingerprint density at radius 3 is 2.60 bits per heavy atom. The summed E-state index contributed by atoms with van der Waals surface area (Å²) >= 11 is 0. The highest BCUT2D eigenvalue weighted by Gasteiger charge is 1.97. The van der Waals surface area contributed by atoms with Gasteiger partial charge in [0.2, 0.25) is 0 Å². The Balaban J connectivity index is 2.96. The van der Waals surface area contributed by atoms with Gasteiger partial charge in [0.1, 0.15) is 0 Å². The van der Waals surface area contributed by atoms with Crippen LogP contribution < -0.4 is 0 Å². The zero-order chi connectivity index (χ0) is 7.56. The third-order valence-electron chi connectivity index (χ3n) is 1.47. The summed E-state index contributed by atoms with van der Waals surface area (Å²) in [5.74, 6) is 0.557. The topological polar surface area (TPSA) is 12.9 Å². The molecule has 1 heteroatoms. The molecule has 0 aliphatic heterocycles. The number of rotatable bonds is 1. The summed E-state index contributed by atoms with van der Waals surface area (Å²) < 4.78 is 0. The maximum Gasteiger partial charge on any atom is 0.0454 e. The van der Waals surface area contributed by atoms with Crippen molar-refractivity contribution in [2.45, 2.75) is 26.7 Å². The van der Waals surface area contributed by atoms with Gasteiger partial charge in [-0.1, -0.05) is 13.8 Å². The van der Waals surface area contributed by atoms with Crippen LogP contribution in [0.25, 0.3) is 0 Å². The molecule has 0 unspecified atom stereocenters. The lowest BCUT2D eigenvalue weighted by atomic mass is 10.0. The minimum atomic E-state index is 0.557. The van der Waals surface area contributed by atoms with E-state index in [9.17, 15) is 0 Å². The molecule has 0 bridgehead atoms. The van der Waals surface area contributed by atoms with Crippen LogP contribution in [0.4, 0.5) is 0 Å². The molecule has 0 atom stereocenters. The molecule has 0 spiro atoms. The molecule has 53 valence electrons. The fourth-order valence-electron chi connectivity index (χ4n) is 0.849. The molecule has 1 heterocycles. The molecule has 0 N–H and O–H groups in total. The van der Waals surface area contributed by atoms with Crippen LogP contribution in [0.2, 0.25) is 0 Å². The maximum absolute atomic E-state index is 4.07. The average Bonchev–Trinajstić information content (AvgIpc) is 1.88. The summed E-state index contributed by atoms with van der Waals surface area (Å²) in [6.45, 7) is 6.28. The molecule has 1 nitrogen and oxygen atoms in total. The lowest BCUT2D eigenvalue weighted by Crippen LogP contribution is -1.89. The fraction of sp³-hybridized carbons (Fsp3) is 0.444. The van der Waals surface area contributed by atoms with Gasteiger partial charge >= 0.3 is 0 Å². The van der Waals surface area contributed by atoms with Gasteiger partial charge in [-0.15, -0.1) is 0 Å². The van der Waals surface area contributed by atoms with Gasteiger partial charge in [0.25, 0.3) is 0 Å². The number of hydrogen-bond donors (Lipinski definition) is 0. The van der Waals surface area contributed by atoms with Crippen molar-refractivity contribution in [3.63, 3.8) is 0 Å². The Hall–Kier alpha value is -0.850. The molecule has 10 heavy (non-hydrogen) atoms. The van der Waals surface area contributed by atoms with Crippen molar-refractivity contribution in [3.05, 3.63) is 29.6 Å². The molecule has 1 aromatic heterocycles. The van der Waals surface area contributed by atoms with E-state index in [2.05, 4.69) is 24.9 Å². The van der Waals surface area contributed by atoms with Crippen molar-refractivity contribution in [1.82, 2.24) is 4.98 Å². The first-order chi connectivity index (χ1) is 4.70. The number of aryl methyl sites for hydroxylation is 1. The normalized spacial score (nSPS) is 10.4. The number of pyridine rings is 1. The van der Waals surface area contributed by atoms with E-state index in [1.807, 2.05) is 19.2 Å². The Morgan fingerprint density at radius 1 is 1.50 bits per heavy atom. The van der Waals surface area contributed by atoms with Gasteiger partial charge in [-0.2, -0.15) is 0 Å². The standard InChI is InChI=1S/C9H12N/c1-7(2)9-4-5-10-8(3)6-9/h4-5,7H,1-3H3. The van der Waals surface area contributed by atoms with Crippen LogP contribution in [-0.4, -0.2) is 4.98 Å². The van der Waals surface area contributed by atoms with Gasteiger partial charge in [-0.25, -0.2) is 0 Å². The van der Waals surface area contributed by atoms with E-state index in [0.29, 0.717) is 5.92 Å². The number of nitrogens with zero attached hydrogens (tertiary/aromatic N) is 1. The summed E-state index contributed by atoms with van der Waals surface area (Å²) in [7, 11) is 0. The third-order valence-corrected chi connectivity index (χ3v) is 1.47. The van der Waals surface area contributed by atoms with Gasteiger partial charge in [-0.05, 0) is 24.5 Å². The van der Waals surface area contributed by atoms with Crippen LogP contribution in [0.1, 0.15) is 31.0 Å². The molecule has 0 amide bonds. The summed E-state index contributed by atoms with van der Waals surface area (Å²) in [5, 5.41) is 0. The third kappa shape index (κ3) is 1.56. The smallest absolute Gasteiger partial charge is 0.0454 e. The second-order valence-electron chi connectivity index (χ2n) is 2.77. The summed E-state index contributed by atoms with van der Waals surface area (Å²) in [5.41, 5.74) is 2.22. The monoisotopic (exact) mass is 134 g/mol. The molecule has 1 aromatic rings. The molecule has 0 saturated heterocycles. The SMILES string of the molecule is Cc1[c]c(C(C)C)ccn1. The van der Waals surface area contributed by atoms with E-state index in [1.54, 1.807) is 0 Å². The Morgan fingerprint density at radius 2 is 2.20 bits per heavy atom. The van der Waals surface area contributed by atoms with Gasteiger partial charge in [0, 0.05) is 18.0 Å². The summed E-state index contributed by atoms with van der Waals surface area (Å²) in [6, 6.07) is 5.21. The summed E-state index contributed by atoms with van der Waals surface area (Å²) in [4.78, 5) is 4.07. The number of hydrogen-bond acceptors (Lipinski definition) is 1. The first kappa shape index (κ1) is 7.26. The van der Waals surface area contributed by atoms with Crippen LogP contribution in [0.5, 0.6) is 0 Å². The zero-order valence-corrected chi connectivity index (χ0v) is 6.68. The molecule has 1 rings (SSSR count). The van der Waals surface area contributed by atoms with Crippen LogP contribution in [0.3, 0.4) is 0 Å². The van der Waals surface area contributed by atoms with E-state index < -0.39 is 0 Å². The number of aromatic nitrogens is 1. The molecule has 0 aliphatic carbocycles. The van der Waals surface area contributed by atoms with Gasteiger partial charge in [0.15, 0.2) is 0 Å². The van der Waals surface area contributed by atoms with E-state index in [1.165, 1.54) is 5.56 Å². The lowest BCUT2D eigenvalue weighted by Gasteiger charge is -2.03.